The summed E-state index contributed by atoms with van der Waals surface area (Å²) < 4.78 is 11.4. The number of methoxy groups -OCH3 is 1. The summed E-state index contributed by atoms with van der Waals surface area (Å²) in [5, 5.41) is 0. The lowest BCUT2D eigenvalue weighted by atomic mass is 9.95. The van der Waals surface area contributed by atoms with E-state index in [0.717, 1.165) is 37.0 Å². The summed E-state index contributed by atoms with van der Waals surface area (Å²) in [6.45, 7) is 1.61. The third-order valence-corrected chi connectivity index (χ3v) is 3.59. The summed E-state index contributed by atoms with van der Waals surface area (Å²) in [4.78, 5) is 11.0. The minimum atomic E-state index is 0.184. The summed E-state index contributed by atoms with van der Waals surface area (Å²) in [5.41, 5.74) is 1.04. The first-order chi connectivity index (χ1) is 9.17. The second-order valence-electron chi connectivity index (χ2n) is 5.29. The standard InChI is InChI=1S/C16H22O3/c1-12(17)10-13-6-8-14(9-7-13)19-16-5-3-4-15(11-16)18-2/h6-9,15-16H,3-5,10-11H2,1-2H3. The first-order valence-corrected chi connectivity index (χ1v) is 6.95. The Labute approximate surface area is 114 Å². The van der Waals surface area contributed by atoms with Crippen LogP contribution in [0.1, 0.15) is 38.2 Å². The largest absolute Gasteiger partial charge is 0.490 e. The van der Waals surface area contributed by atoms with Crippen LogP contribution in [0.3, 0.4) is 0 Å². The number of ether oxygens (including phenoxy) is 2. The molecule has 19 heavy (non-hydrogen) atoms. The van der Waals surface area contributed by atoms with Crippen molar-refractivity contribution in [2.45, 2.75) is 51.2 Å². The number of ketones is 1. The number of carbonyl (C=O) groups is 1. The second kappa shape index (κ2) is 6.71. The highest BCUT2D eigenvalue weighted by atomic mass is 16.5. The molecule has 0 N–H and O–H groups in total. The first-order valence-electron chi connectivity index (χ1n) is 6.95. The molecule has 1 fully saturated rings. The van der Waals surface area contributed by atoms with Crippen molar-refractivity contribution >= 4 is 5.78 Å². The zero-order valence-corrected chi connectivity index (χ0v) is 11.7. The Balaban J connectivity index is 1.90. The summed E-state index contributed by atoms with van der Waals surface area (Å²) in [7, 11) is 1.77. The minimum Gasteiger partial charge on any atom is -0.490 e. The van der Waals surface area contributed by atoms with Crippen LogP contribution in [0.15, 0.2) is 24.3 Å². The predicted octanol–water partition coefficient (Wildman–Crippen LogP) is 3.15. The highest BCUT2D eigenvalue weighted by Gasteiger charge is 2.22. The van der Waals surface area contributed by atoms with Gasteiger partial charge in [-0.1, -0.05) is 12.1 Å². The normalized spacial score (nSPS) is 23.1. The summed E-state index contributed by atoms with van der Waals surface area (Å²) >= 11 is 0. The maximum Gasteiger partial charge on any atom is 0.134 e. The van der Waals surface area contributed by atoms with Crippen LogP contribution in [0.4, 0.5) is 0 Å². The fraction of sp³-hybridized carbons (Fsp3) is 0.562. The Kier molecular flexibility index (Phi) is 4.97. The molecule has 1 aromatic carbocycles. The van der Waals surface area contributed by atoms with Gasteiger partial charge >= 0.3 is 0 Å². The molecule has 0 spiro atoms. The molecule has 0 aliphatic heterocycles. The van der Waals surface area contributed by atoms with E-state index in [2.05, 4.69) is 0 Å². The maximum absolute atomic E-state index is 11.0. The van der Waals surface area contributed by atoms with Crippen molar-refractivity contribution in [2.24, 2.45) is 0 Å². The number of hydrogen-bond donors (Lipinski definition) is 0. The Morgan fingerprint density at radius 3 is 2.53 bits per heavy atom. The van der Waals surface area contributed by atoms with Gasteiger partial charge in [0, 0.05) is 20.0 Å². The van der Waals surface area contributed by atoms with Crippen LogP contribution in [-0.4, -0.2) is 25.1 Å². The average Bonchev–Trinajstić information content (AvgIpc) is 2.41. The third-order valence-electron chi connectivity index (χ3n) is 3.59. The van der Waals surface area contributed by atoms with Crippen molar-refractivity contribution in [2.75, 3.05) is 7.11 Å². The van der Waals surface area contributed by atoms with Gasteiger partial charge in [-0.25, -0.2) is 0 Å². The van der Waals surface area contributed by atoms with E-state index >= 15 is 0 Å². The molecule has 1 aliphatic rings. The molecule has 1 aromatic rings. The molecule has 104 valence electrons. The molecular weight excluding hydrogens is 240 g/mol. The molecule has 3 nitrogen and oxygen atoms in total. The molecule has 0 heterocycles. The molecule has 2 atom stereocenters. The highest BCUT2D eigenvalue weighted by Crippen LogP contribution is 2.25. The average molecular weight is 262 g/mol. The lowest BCUT2D eigenvalue weighted by Crippen LogP contribution is -2.29. The molecule has 2 rings (SSSR count). The van der Waals surface area contributed by atoms with Crippen molar-refractivity contribution in [1.82, 2.24) is 0 Å². The Morgan fingerprint density at radius 1 is 1.21 bits per heavy atom. The smallest absolute Gasteiger partial charge is 0.134 e. The van der Waals surface area contributed by atoms with Gasteiger partial charge in [0.25, 0.3) is 0 Å². The predicted molar refractivity (Wildman–Crippen MR) is 74.5 cm³/mol. The van der Waals surface area contributed by atoms with Gasteiger partial charge in [0.05, 0.1) is 6.10 Å². The zero-order valence-electron chi connectivity index (χ0n) is 11.7. The van der Waals surface area contributed by atoms with E-state index in [-0.39, 0.29) is 11.9 Å². The van der Waals surface area contributed by atoms with Crippen LogP contribution < -0.4 is 4.74 Å². The van der Waals surface area contributed by atoms with E-state index in [1.54, 1.807) is 14.0 Å². The summed E-state index contributed by atoms with van der Waals surface area (Å²) in [6.07, 6.45) is 5.42. The SMILES string of the molecule is COC1CCCC(Oc2ccc(CC(C)=O)cc2)C1. The van der Waals surface area contributed by atoms with Gasteiger partial charge in [0.15, 0.2) is 0 Å². The Morgan fingerprint density at radius 2 is 1.89 bits per heavy atom. The lowest BCUT2D eigenvalue weighted by Gasteiger charge is -2.28. The van der Waals surface area contributed by atoms with Gasteiger partial charge in [-0.15, -0.1) is 0 Å². The van der Waals surface area contributed by atoms with Crippen molar-refractivity contribution in [3.05, 3.63) is 29.8 Å². The fourth-order valence-corrected chi connectivity index (χ4v) is 2.59. The zero-order chi connectivity index (χ0) is 13.7. The maximum atomic E-state index is 11.0. The minimum absolute atomic E-state index is 0.184. The van der Waals surface area contributed by atoms with E-state index < -0.39 is 0 Å². The van der Waals surface area contributed by atoms with Gasteiger partial charge in [-0.2, -0.15) is 0 Å². The van der Waals surface area contributed by atoms with Gasteiger partial charge in [0.1, 0.15) is 17.6 Å². The number of hydrogen-bond acceptors (Lipinski definition) is 3. The molecule has 0 saturated heterocycles. The third kappa shape index (κ3) is 4.35. The summed E-state index contributed by atoms with van der Waals surface area (Å²) in [6, 6.07) is 7.84. The quantitative estimate of drug-likeness (QED) is 0.817. The van der Waals surface area contributed by atoms with E-state index in [1.165, 1.54) is 0 Å². The van der Waals surface area contributed by atoms with E-state index in [9.17, 15) is 4.79 Å². The van der Waals surface area contributed by atoms with E-state index in [1.807, 2.05) is 24.3 Å². The fourth-order valence-electron chi connectivity index (χ4n) is 2.59. The number of carbonyl (C=O) groups excluding carboxylic acids is 1. The molecule has 1 aliphatic carbocycles. The Bertz CT molecular complexity index is 411. The first kappa shape index (κ1) is 14.1. The number of benzene rings is 1. The van der Waals surface area contributed by atoms with Gasteiger partial charge in [-0.05, 0) is 43.9 Å². The van der Waals surface area contributed by atoms with Crippen molar-refractivity contribution in [1.29, 1.82) is 0 Å². The molecule has 2 unspecified atom stereocenters. The van der Waals surface area contributed by atoms with Crippen molar-refractivity contribution in [3.8, 4) is 5.75 Å². The highest BCUT2D eigenvalue weighted by molar-refractivity contribution is 5.78. The summed E-state index contributed by atoms with van der Waals surface area (Å²) in [5.74, 6) is 1.07. The molecular formula is C16H22O3. The second-order valence-corrected chi connectivity index (χ2v) is 5.29. The number of Topliss-reactive ketones (excluding diaryl/α,β-unsaturated/α-hetero) is 1. The number of rotatable bonds is 5. The molecule has 3 heteroatoms. The van der Waals surface area contributed by atoms with Gasteiger partial charge in [-0.3, -0.25) is 4.79 Å². The van der Waals surface area contributed by atoms with Crippen LogP contribution in [0.25, 0.3) is 0 Å². The Hall–Kier alpha value is -1.35. The monoisotopic (exact) mass is 262 g/mol. The van der Waals surface area contributed by atoms with Crippen molar-refractivity contribution in [3.63, 3.8) is 0 Å². The van der Waals surface area contributed by atoms with Crippen LogP contribution in [0.5, 0.6) is 5.75 Å². The molecule has 0 aromatic heterocycles. The molecule has 0 radical (unpaired) electrons. The van der Waals surface area contributed by atoms with E-state index in [0.29, 0.717) is 12.5 Å². The van der Waals surface area contributed by atoms with Gasteiger partial charge < -0.3 is 9.47 Å². The van der Waals surface area contributed by atoms with Crippen LogP contribution >= 0.6 is 0 Å². The van der Waals surface area contributed by atoms with Crippen LogP contribution in [-0.2, 0) is 16.0 Å². The van der Waals surface area contributed by atoms with Crippen molar-refractivity contribution < 1.29 is 14.3 Å². The molecule has 1 saturated carbocycles. The van der Waals surface area contributed by atoms with E-state index in [4.69, 9.17) is 9.47 Å². The van der Waals surface area contributed by atoms with Crippen LogP contribution in [0.2, 0.25) is 0 Å². The molecule has 0 bridgehead atoms. The topological polar surface area (TPSA) is 35.5 Å². The van der Waals surface area contributed by atoms with Crippen LogP contribution in [0, 0.1) is 0 Å². The van der Waals surface area contributed by atoms with Gasteiger partial charge in [0.2, 0.25) is 0 Å². The lowest BCUT2D eigenvalue weighted by molar-refractivity contribution is -0.116. The molecule has 0 amide bonds.